The maximum Gasteiger partial charge on any atom is 0.453 e. The van der Waals surface area contributed by atoms with Gasteiger partial charge in [-0.3, -0.25) is 4.72 Å². The molecule has 4 aromatic rings. The third kappa shape index (κ3) is 4.49. The number of sulfonamides is 1. The minimum absolute atomic E-state index is 0.0276. The van der Waals surface area contributed by atoms with Crippen molar-refractivity contribution >= 4 is 33.0 Å². The van der Waals surface area contributed by atoms with E-state index in [0.717, 1.165) is 10.1 Å². The molecule has 0 aliphatic carbocycles. The van der Waals surface area contributed by atoms with Gasteiger partial charge in [0, 0.05) is 23.1 Å². The summed E-state index contributed by atoms with van der Waals surface area (Å²) in [5.41, 5.74) is 2.30. The van der Waals surface area contributed by atoms with Crippen LogP contribution >= 0.6 is 0 Å². The predicted molar refractivity (Wildman–Crippen MR) is 112 cm³/mol. The fourth-order valence-electron chi connectivity index (χ4n) is 2.90. The molecule has 32 heavy (non-hydrogen) atoms. The molecule has 2 aromatic heterocycles. The first-order valence-corrected chi connectivity index (χ1v) is 10.8. The molecule has 0 saturated heterocycles. The van der Waals surface area contributed by atoms with Gasteiger partial charge in [-0.05, 0) is 50.2 Å². The van der Waals surface area contributed by atoms with Crippen LogP contribution in [0.1, 0.15) is 17.1 Å². The number of nitrogens with zero attached hydrogens (tertiary/aromatic N) is 4. The first-order chi connectivity index (χ1) is 15.0. The van der Waals surface area contributed by atoms with E-state index in [0.29, 0.717) is 17.1 Å². The lowest BCUT2D eigenvalue weighted by molar-refractivity contribution is -0.144. The number of halogens is 3. The number of rotatable bonds is 5. The van der Waals surface area contributed by atoms with Crippen molar-refractivity contribution in [2.75, 3.05) is 10.0 Å². The minimum atomic E-state index is -4.71. The molecule has 4 rings (SSSR count). The molecule has 0 bridgehead atoms. The molecule has 0 radical (unpaired) electrons. The van der Waals surface area contributed by atoms with Crippen molar-refractivity contribution in [3.8, 4) is 0 Å². The quantitative estimate of drug-likeness (QED) is 0.459. The summed E-state index contributed by atoms with van der Waals surface area (Å²) in [5, 5.41) is 6.41. The standard InChI is InChI=1S/C20H17F3N6O2S/c1-12-3-5-15(6-4-12)28-32(30,31)16-9-7-14(8-10-16)25-17-11-13(2)24-19-26-18(20(21,22)23)27-29(17)19/h3-11,25,28H,1-2H3. The van der Waals surface area contributed by atoms with Gasteiger partial charge >= 0.3 is 6.18 Å². The molecule has 0 fully saturated rings. The topological polar surface area (TPSA) is 101 Å². The Morgan fingerprint density at radius 3 is 2.16 bits per heavy atom. The lowest BCUT2D eigenvalue weighted by Gasteiger charge is -2.11. The van der Waals surface area contributed by atoms with E-state index in [1.54, 1.807) is 31.2 Å². The molecule has 12 heteroatoms. The van der Waals surface area contributed by atoms with Gasteiger partial charge in [0.25, 0.3) is 21.6 Å². The Hall–Kier alpha value is -3.67. The minimum Gasteiger partial charge on any atom is -0.340 e. The first-order valence-electron chi connectivity index (χ1n) is 9.29. The Labute approximate surface area is 181 Å². The second-order valence-corrected chi connectivity index (χ2v) is 8.73. The highest BCUT2D eigenvalue weighted by Crippen LogP contribution is 2.28. The molecule has 2 heterocycles. The first kappa shape index (κ1) is 21.6. The van der Waals surface area contributed by atoms with Crippen molar-refractivity contribution < 1.29 is 21.6 Å². The second-order valence-electron chi connectivity index (χ2n) is 7.05. The average Bonchev–Trinajstić information content (AvgIpc) is 3.15. The molecule has 0 unspecified atom stereocenters. The number of alkyl halides is 3. The van der Waals surface area contributed by atoms with Crippen LogP contribution in [0.2, 0.25) is 0 Å². The summed E-state index contributed by atoms with van der Waals surface area (Å²) in [6, 6.07) is 14.2. The summed E-state index contributed by atoms with van der Waals surface area (Å²) >= 11 is 0. The maximum absolute atomic E-state index is 13.0. The number of anilines is 3. The highest BCUT2D eigenvalue weighted by atomic mass is 32.2. The van der Waals surface area contributed by atoms with Gasteiger partial charge in [0.1, 0.15) is 5.82 Å². The Kier molecular flexibility index (Phi) is 5.25. The van der Waals surface area contributed by atoms with Crippen molar-refractivity contribution in [3.63, 3.8) is 0 Å². The van der Waals surface area contributed by atoms with Gasteiger partial charge in [-0.15, -0.1) is 5.10 Å². The summed E-state index contributed by atoms with van der Waals surface area (Å²) < 4.78 is 67.5. The lowest BCUT2D eigenvalue weighted by Crippen LogP contribution is -2.13. The van der Waals surface area contributed by atoms with Crippen LogP contribution in [0.5, 0.6) is 0 Å². The molecule has 2 N–H and O–H groups in total. The second kappa shape index (κ2) is 7.79. The molecular weight excluding hydrogens is 445 g/mol. The Morgan fingerprint density at radius 2 is 1.53 bits per heavy atom. The van der Waals surface area contributed by atoms with Gasteiger partial charge < -0.3 is 5.32 Å². The van der Waals surface area contributed by atoms with Crippen LogP contribution in [0.4, 0.5) is 30.4 Å². The summed E-state index contributed by atoms with van der Waals surface area (Å²) in [5.74, 6) is -1.31. The number of hydrogen-bond donors (Lipinski definition) is 2. The molecular formula is C20H17F3N6O2S. The van der Waals surface area contributed by atoms with E-state index in [1.807, 2.05) is 6.92 Å². The molecule has 0 amide bonds. The third-order valence-corrected chi connectivity index (χ3v) is 5.83. The van der Waals surface area contributed by atoms with E-state index < -0.39 is 22.0 Å². The molecule has 0 spiro atoms. The molecule has 0 aliphatic rings. The van der Waals surface area contributed by atoms with E-state index in [9.17, 15) is 21.6 Å². The predicted octanol–water partition coefficient (Wildman–Crippen LogP) is 4.30. The van der Waals surface area contributed by atoms with Gasteiger partial charge in [0.15, 0.2) is 0 Å². The fourth-order valence-corrected chi connectivity index (χ4v) is 3.96. The Balaban J connectivity index is 1.59. The highest BCUT2D eigenvalue weighted by Gasteiger charge is 2.36. The summed E-state index contributed by atoms with van der Waals surface area (Å²) in [7, 11) is -3.81. The molecule has 2 aromatic carbocycles. The summed E-state index contributed by atoms with van der Waals surface area (Å²) in [4.78, 5) is 7.42. The number of aromatic nitrogens is 4. The number of benzene rings is 2. The molecule has 0 aliphatic heterocycles. The number of aryl methyl sites for hydroxylation is 2. The zero-order valence-corrected chi connectivity index (χ0v) is 17.7. The van der Waals surface area contributed by atoms with Crippen LogP contribution in [-0.4, -0.2) is 28.0 Å². The van der Waals surface area contributed by atoms with Gasteiger partial charge in [0.2, 0.25) is 0 Å². The summed E-state index contributed by atoms with van der Waals surface area (Å²) in [6.45, 7) is 3.50. The average molecular weight is 462 g/mol. The SMILES string of the molecule is Cc1ccc(NS(=O)(=O)c2ccc(Nc3cc(C)nc4nc(C(F)(F)F)nn34)cc2)cc1. The van der Waals surface area contributed by atoms with Crippen molar-refractivity contribution in [3.05, 3.63) is 71.7 Å². The third-order valence-electron chi connectivity index (χ3n) is 4.43. The Bertz CT molecular complexity index is 1380. The Morgan fingerprint density at radius 1 is 0.906 bits per heavy atom. The van der Waals surface area contributed by atoms with Crippen LogP contribution in [0.3, 0.4) is 0 Å². The fraction of sp³-hybridized carbons (Fsp3) is 0.150. The lowest BCUT2D eigenvalue weighted by atomic mass is 10.2. The van der Waals surface area contributed by atoms with Crippen LogP contribution in [0.25, 0.3) is 5.78 Å². The van der Waals surface area contributed by atoms with Crippen molar-refractivity contribution in [1.82, 2.24) is 19.6 Å². The highest BCUT2D eigenvalue weighted by molar-refractivity contribution is 7.92. The van der Waals surface area contributed by atoms with Crippen molar-refractivity contribution in [1.29, 1.82) is 0 Å². The maximum atomic E-state index is 13.0. The molecule has 0 atom stereocenters. The van der Waals surface area contributed by atoms with Crippen molar-refractivity contribution in [2.24, 2.45) is 0 Å². The monoisotopic (exact) mass is 462 g/mol. The molecule has 8 nitrogen and oxygen atoms in total. The van der Waals surface area contributed by atoms with E-state index in [4.69, 9.17) is 0 Å². The zero-order valence-electron chi connectivity index (χ0n) is 16.8. The van der Waals surface area contributed by atoms with Gasteiger partial charge in [-0.2, -0.15) is 22.7 Å². The van der Waals surface area contributed by atoms with Crippen LogP contribution < -0.4 is 10.0 Å². The zero-order chi connectivity index (χ0) is 23.1. The van der Waals surface area contributed by atoms with E-state index in [-0.39, 0.29) is 16.5 Å². The number of fused-ring (bicyclic) bond motifs is 1. The van der Waals surface area contributed by atoms with Crippen molar-refractivity contribution in [2.45, 2.75) is 24.9 Å². The normalized spacial score (nSPS) is 12.2. The smallest absolute Gasteiger partial charge is 0.340 e. The van der Waals surface area contributed by atoms with Gasteiger partial charge in [0.05, 0.1) is 4.90 Å². The van der Waals surface area contributed by atoms with Crippen LogP contribution in [0.15, 0.2) is 59.5 Å². The number of nitrogens with one attached hydrogen (secondary N) is 2. The van der Waals surface area contributed by atoms with E-state index in [2.05, 4.69) is 25.1 Å². The largest absolute Gasteiger partial charge is 0.453 e. The molecule has 166 valence electrons. The molecule has 0 saturated carbocycles. The van der Waals surface area contributed by atoms with Gasteiger partial charge in [-0.1, -0.05) is 17.7 Å². The van der Waals surface area contributed by atoms with Crippen LogP contribution in [-0.2, 0) is 16.2 Å². The van der Waals surface area contributed by atoms with E-state index in [1.165, 1.54) is 30.3 Å². The summed E-state index contributed by atoms with van der Waals surface area (Å²) in [6.07, 6.45) is -4.71. The van der Waals surface area contributed by atoms with E-state index >= 15 is 0 Å². The van der Waals surface area contributed by atoms with Gasteiger partial charge in [-0.25, -0.2) is 13.4 Å². The van der Waals surface area contributed by atoms with Crippen LogP contribution in [0, 0.1) is 13.8 Å². The number of hydrogen-bond acceptors (Lipinski definition) is 6.